The number of ether oxygens (including phenoxy) is 1. The van der Waals surface area contributed by atoms with E-state index in [0.717, 1.165) is 12.1 Å². The van der Waals surface area contributed by atoms with Gasteiger partial charge in [0.2, 0.25) is 0 Å². The van der Waals surface area contributed by atoms with Crippen LogP contribution in [0.25, 0.3) is 0 Å². The van der Waals surface area contributed by atoms with E-state index < -0.39 is 5.60 Å². The van der Waals surface area contributed by atoms with E-state index in [2.05, 4.69) is 29.6 Å². The zero-order valence-electron chi connectivity index (χ0n) is 14.2. The Morgan fingerprint density at radius 2 is 1.95 bits per heavy atom. The minimum absolute atomic E-state index is 0.287. The molecule has 4 heteroatoms. The van der Waals surface area contributed by atoms with Crippen molar-refractivity contribution in [3.8, 4) is 0 Å². The Kier molecular flexibility index (Phi) is 5.46. The number of hydrogen-bond donors (Lipinski definition) is 1. The van der Waals surface area contributed by atoms with Crippen molar-refractivity contribution in [2.75, 3.05) is 13.6 Å². The molecule has 1 fully saturated rings. The number of carbonyl (C=O) groups is 1. The van der Waals surface area contributed by atoms with Crippen LogP contribution in [0.2, 0.25) is 0 Å². The van der Waals surface area contributed by atoms with Crippen molar-refractivity contribution in [3.05, 3.63) is 35.4 Å². The van der Waals surface area contributed by atoms with Crippen LogP contribution in [0.4, 0.5) is 4.79 Å². The second-order valence-corrected chi connectivity index (χ2v) is 7.08. The molecule has 1 aliphatic heterocycles. The van der Waals surface area contributed by atoms with Crippen molar-refractivity contribution in [1.82, 2.24) is 10.2 Å². The van der Waals surface area contributed by atoms with E-state index in [1.807, 2.05) is 20.8 Å². The summed E-state index contributed by atoms with van der Waals surface area (Å²) in [5, 5.41) is 3.56. The zero-order chi connectivity index (χ0) is 16.2. The first kappa shape index (κ1) is 16.8. The fraction of sp³-hybridized carbons (Fsp3) is 0.611. The summed E-state index contributed by atoms with van der Waals surface area (Å²) in [4.78, 5) is 13.6. The van der Waals surface area contributed by atoms with Crippen LogP contribution >= 0.6 is 0 Å². The minimum atomic E-state index is -0.456. The van der Waals surface area contributed by atoms with Gasteiger partial charge in [-0.3, -0.25) is 0 Å². The molecule has 1 aromatic carbocycles. The van der Waals surface area contributed by atoms with E-state index in [1.54, 1.807) is 11.9 Å². The summed E-state index contributed by atoms with van der Waals surface area (Å²) >= 11 is 0. The summed E-state index contributed by atoms with van der Waals surface area (Å²) in [6.45, 7) is 7.31. The molecule has 2 rings (SSSR count). The van der Waals surface area contributed by atoms with E-state index in [0.29, 0.717) is 12.6 Å². The van der Waals surface area contributed by atoms with E-state index in [9.17, 15) is 4.79 Å². The molecule has 122 valence electrons. The second kappa shape index (κ2) is 7.14. The molecule has 0 aliphatic carbocycles. The fourth-order valence-corrected chi connectivity index (χ4v) is 2.67. The van der Waals surface area contributed by atoms with Crippen LogP contribution in [-0.2, 0) is 11.3 Å². The maximum Gasteiger partial charge on any atom is 0.410 e. The lowest BCUT2D eigenvalue weighted by Crippen LogP contribution is -2.33. The molecule has 1 aliphatic rings. The maximum atomic E-state index is 12.0. The average Bonchev–Trinajstić information content (AvgIpc) is 2.47. The smallest absolute Gasteiger partial charge is 0.410 e. The topological polar surface area (TPSA) is 41.6 Å². The summed E-state index contributed by atoms with van der Waals surface area (Å²) in [6, 6.07) is 9.02. The van der Waals surface area contributed by atoms with Crippen LogP contribution in [-0.4, -0.2) is 30.2 Å². The summed E-state index contributed by atoms with van der Waals surface area (Å²) in [5.74, 6) is 0. The summed E-state index contributed by atoms with van der Waals surface area (Å²) in [6.07, 6.45) is 3.48. The molecule has 1 aromatic rings. The number of amides is 1. The first-order chi connectivity index (χ1) is 10.3. The van der Waals surface area contributed by atoms with Crippen LogP contribution in [0.5, 0.6) is 0 Å². The van der Waals surface area contributed by atoms with Gasteiger partial charge in [0.1, 0.15) is 5.60 Å². The number of nitrogens with zero attached hydrogens (tertiary/aromatic N) is 1. The van der Waals surface area contributed by atoms with Gasteiger partial charge >= 0.3 is 6.09 Å². The Bertz CT molecular complexity index is 485. The molecule has 1 unspecified atom stereocenters. The number of benzene rings is 1. The van der Waals surface area contributed by atoms with E-state index >= 15 is 0 Å². The highest BCUT2D eigenvalue weighted by Crippen LogP contribution is 2.23. The molecule has 0 saturated carbocycles. The van der Waals surface area contributed by atoms with Crippen molar-refractivity contribution in [1.29, 1.82) is 0 Å². The van der Waals surface area contributed by atoms with Crippen LogP contribution in [0.15, 0.2) is 24.3 Å². The van der Waals surface area contributed by atoms with Gasteiger partial charge in [-0.2, -0.15) is 0 Å². The molecule has 0 bridgehead atoms. The largest absolute Gasteiger partial charge is 0.444 e. The van der Waals surface area contributed by atoms with Gasteiger partial charge in [-0.25, -0.2) is 4.79 Å². The van der Waals surface area contributed by atoms with Crippen LogP contribution in [0, 0.1) is 0 Å². The van der Waals surface area contributed by atoms with Crippen LogP contribution < -0.4 is 5.32 Å². The maximum absolute atomic E-state index is 12.0. The van der Waals surface area contributed by atoms with Gasteiger partial charge in [-0.15, -0.1) is 0 Å². The Morgan fingerprint density at radius 3 is 2.50 bits per heavy atom. The fourth-order valence-electron chi connectivity index (χ4n) is 2.67. The monoisotopic (exact) mass is 304 g/mol. The number of carbonyl (C=O) groups excluding carboxylic acids is 1. The Hall–Kier alpha value is -1.55. The van der Waals surface area contributed by atoms with Crippen molar-refractivity contribution < 1.29 is 9.53 Å². The lowest BCUT2D eigenvalue weighted by molar-refractivity contribution is 0.0285. The summed E-state index contributed by atoms with van der Waals surface area (Å²) < 4.78 is 5.37. The Balaban J connectivity index is 1.91. The predicted molar refractivity (Wildman–Crippen MR) is 88.7 cm³/mol. The molecule has 1 atom stereocenters. The highest BCUT2D eigenvalue weighted by atomic mass is 16.6. The van der Waals surface area contributed by atoms with E-state index in [-0.39, 0.29) is 6.09 Å². The van der Waals surface area contributed by atoms with Crippen molar-refractivity contribution in [2.45, 2.75) is 58.2 Å². The quantitative estimate of drug-likeness (QED) is 0.921. The first-order valence-corrected chi connectivity index (χ1v) is 8.11. The molecule has 0 radical (unpaired) electrons. The van der Waals surface area contributed by atoms with Gasteiger partial charge in [-0.05, 0) is 51.3 Å². The zero-order valence-corrected chi connectivity index (χ0v) is 14.2. The molecule has 0 aromatic heterocycles. The Labute approximate surface area is 133 Å². The highest BCUT2D eigenvalue weighted by Gasteiger charge is 2.20. The third kappa shape index (κ3) is 5.02. The van der Waals surface area contributed by atoms with Gasteiger partial charge in [0, 0.05) is 19.6 Å². The summed E-state index contributed by atoms with van der Waals surface area (Å²) in [5.41, 5.74) is 2.00. The molecule has 0 spiro atoms. The van der Waals surface area contributed by atoms with Crippen LogP contribution in [0.3, 0.4) is 0 Å². The van der Waals surface area contributed by atoms with Gasteiger partial charge in [0.05, 0.1) is 0 Å². The number of rotatable bonds is 3. The van der Waals surface area contributed by atoms with Crippen molar-refractivity contribution in [2.24, 2.45) is 0 Å². The summed E-state index contributed by atoms with van der Waals surface area (Å²) in [7, 11) is 1.77. The second-order valence-electron chi connectivity index (χ2n) is 7.08. The van der Waals surface area contributed by atoms with Gasteiger partial charge in [0.15, 0.2) is 0 Å². The molecular weight excluding hydrogens is 276 g/mol. The third-order valence-electron chi connectivity index (χ3n) is 3.82. The van der Waals surface area contributed by atoms with Crippen molar-refractivity contribution >= 4 is 6.09 Å². The molecule has 22 heavy (non-hydrogen) atoms. The number of nitrogens with one attached hydrogen (secondary N) is 1. The van der Waals surface area contributed by atoms with Crippen molar-refractivity contribution in [3.63, 3.8) is 0 Å². The first-order valence-electron chi connectivity index (χ1n) is 8.11. The number of hydrogen-bond acceptors (Lipinski definition) is 3. The number of piperidine rings is 1. The standard InChI is InChI=1S/C18H28N2O2/c1-18(2,3)22-17(21)20(4)13-14-8-10-15(11-9-14)16-7-5-6-12-19-16/h8-11,16,19H,5-7,12-13H2,1-4H3. The van der Waals surface area contributed by atoms with Gasteiger partial charge in [0.25, 0.3) is 0 Å². The van der Waals surface area contributed by atoms with E-state index in [1.165, 1.54) is 24.8 Å². The molecule has 1 amide bonds. The lowest BCUT2D eigenvalue weighted by Gasteiger charge is -2.25. The normalized spacial score (nSPS) is 18.8. The molecule has 1 heterocycles. The molecule has 1 N–H and O–H groups in total. The van der Waals surface area contributed by atoms with Crippen LogP contribution in [0.1, 0.15) is 57.2 Å². The lowest BCUT2D eigenvalue weighted by atomic mass is 9.97. The molecule has 4 nitrogen and oxygen atoms in total. The van der Waals surface area contributed by atoms with E-state index in [4.69, 9.17) is 4.74 Å². The highest BCUT2D eigenvalue weighted by molar-refractivity contribution is 5.67. The minimum Gasteiger partial charge on any atom is -0.444 e. The third-order valence-corrected chi connectivity index (χ3v) is 3.82. The molecule has 1 saturated heterocycles. The molecular formula is C18H28N2O2. The van der Waals surface area contributed by atoms with Gasteiger partial charge < -0.3 is 15.0 Å². The van der Waals surface area contributed by atoms with Gasteiger partial charge in [-0.1, -0.05) is 30.7 Å². The average molecular weight is 304 g/mol. The Morgan fingerprint density at radius 1 is 1.27 bits per heavy atom. The predicted octanol–water partition coefficient (Wildman–Crippen LogP) is 3.87. The SMILES string of the molecule is CN(Cc1ccc(C2CCCCN2)cc1)C(=O)OC(C)(C)C.